The van der Waals surface area contributed by atoms with E-state index in [1.165, 1.54) is 6.08 Å². The van der Waals surface area contributed by atoms with Gasteiger partial charge >= 0.3 is 5.97 Å². The van der Waals surface area contributed by atoms with Crippen LogP contribution in [0.15, 0.2) is 48.6 Å². The first kappa shape index (κ1) is 15.0. The molecule has 0 radical (unpaired) electrons. The number of hydrogen-bond donors (Lipinski definition) is 1. The average molecular weight is 262 g/mol. The maximum absolute atomic E-state index is 10.3. The van der Waals surface area contributed by atoms with Crippen LogP contribution in [0, 0.1) is 0 Å². The molecular weight excluding hydrogens is 244 g/mol. The van der Waals surface area contributed by atoms with Crippen molar-refractivity contribution in [1.82, 2.24) is 0 Å². The van der Waals surface area contributed by atoms with Gasteiger partial charge in [0.15, 0.2) is 0 Å². The summed E-state index contributed by atoms with van der Waals surface area (Å²) in [5, 5.41) is 8.44. The molecule has 1 aromatic rings. The molecule has 19 heavy (non-hydrogen) atoms. The van der Waals surface area contributed by atoms with E-state index in [-0.39, 0.29) is 6.10 Å². The summed E-state index contributed by atoms with van der Waals surface area (Å²) in [5.74, 6) is -0.151. The number of carboxylic acids is 1. The van der Waals surface area contributed by atoms with Crippen LogP contribution in [0.5, 0.6) is 5.75 Å². The Morgan fingerprint density at radius 3 is 2.47 bits per heavy atom. The molecule has 1 atom stereocenters. The lowest BCUT2D eigenvalue weighted by molar-refractivity contribution is -0.131. The molecule has 4 heteroatoms. The highest BCUT2D eigenvalue weighted by Gasteiger charge is 2.08. The highest BCUT2D eigenvalue weighted by Crippen LogP contribution is 2.23. The fourth-order valence-corrected chi connectivity index (χ4v) is 1.61. The summed E-state index contributed by atoms with van der Waals surface area (Å²) in [7, 11) is 3.27. The Balaban J connectivity index is 2.59. The van der Waals surface area contributed by atoms with Crippen molar-refractivity contribution in [3.63, 3.8) is 0 Å². The Labute approximate surface area is 113 Å². The Bertz CT molecular complexity index is 446. The first-order valence-corrected chi connectivity index (χ1v) is 5.90. The second kappa shape index (κ2) is 8.11. The zero-order valence-corrected chi connectivity index (χ0v) is 11.1. The molecule has 1 rings (SSSR count). The van der Waals surface area contributed by atoms with Gasteiger partial charge in [-0.2, -0.15) is 0 Å². The van der Waals surface area contributed by atoms with E-state index in [4.69, 9.17) is 14.6 Å². The van der Waals surface area contributed by atoms with Gasteiger partial charge in [0.2, 0.25) is 0 Å². The van der Waals surface area contributed by atoms with Crippen LogP contribution in [0.1, 0.15) is 18.1 Å². The van der Waals surface area contributed by atoms with E-state index in [0.29, 0.717) is 6.42 Å². The minimum Gasteiger partial charge on any atom is -0.497 e. The molecule has 4 nitrogen and oxygen atoms in total. The SMILES string of the molecule is COc1ccc(C(CC=CC=CC(=O)O)OC)cc1. The van der Waals surface area contributed by atoms with Crippen molar-refractivity contribution in [2.45, 2.75) is 12.5 Å². The molecule has 0 aliphatic carbocycles. The summed E-state index contributed by atoms with van der Waals surface area (Å²) in [6.07, 6.45) is 6.77. The first-order valence-electron chi connectivity index (χ1n) is 5.90. The second-order valence-electron chi connectivity index (χ2n) is 3.86. The zero-order chi connectivity index (χ0) is 14.1. The van der Waals surface area contributed by atoms with E-state index >= 15 is 0 Å². The van der Waals surface area contributed by atoms with E-state index < -0.39 is 5.97 Å². The molecular formula is C15H18O4. The van der Waals surface area contributed by atoms with Gasteiger partial charge in [-0.15, -0.1) is 0 Å². The number of ether oxygens (including phenoxy) is 2. The molecule has 0 saturated carbocycles. The Morgan fingerprint density at radius 2 is 1.95 bits per heavy atom. The van der Waals surface area contributed by atoms with Gasteiger partial charge in [-0.3, -0.25) is 0 Å². The molecule has 1 aromatic carbocycles. The highest BCUT2D eigenvalue weighted by atomic mass is 16.5. The van der Waals surface area contributed by atoms with Gasteiger partial charge in [0.05, 0.1) is 13.2 Å². The molecule has 0 amide bonds. The number of aliphatic carboxylic acids is 1. The summed E-state index contributed by atoms with van der Waals surface area (Å²) in [6, 6.07) is 7.67. The number of methoxy groups -OCH3 is 2. The number of benzene rings is 1. The highest BCUT2D eigenvalue weighted by molar-refractivity contribution is 5.80. The number of hydrogen-bond acceptors (Lipinski definition) is 3. The van der Waals surface area contributed by atoms with Crippen LogP contribution in [0.4, 0.5) is 0 Å². The van der Waals surface area contributed by atoms with Crippen LogP contribution in [0.2, 0.25) is 0 Å². The third-order valence-corrected chi connectivity index (χ3v) is 2.61. The monoisotopic (exact) mass is 262 g/mol. The minimum absolute atomic E-state index is 0.0552. The van der Waals surface area contributed by atoms with Crippen LogP contribution < -0.4 is 4.74 Å². The van der Waals surface area contributed by atoms with Crippen LogP contribution in [-0.2, 0) is 9.53 Å². The Hall–Kier alpha value is -2.07. The smallest absolute Gasteiger partial charge is 0.328 e. The van der Waals surface area contributed by atoms with E-state index in [9.17, 15) is 4.79 Å². The molecule has 1 N–H and O–H groups in total. The zero-order valence-electron chi connectivity index (χ0n) is 11.1. The predicted octanol–water partition coefficient (Wildman–Crippen LogP) is 2.97. The van der Waals surface area contributed by atoms with E-state index in [0.717, 1.165) is 17.4 Å². The van der Waals surface area contributed by atoms with Crippen molar-refractivity contribution in [3.05, 3.63) is 54.1 Å². The maximum Gasteiger partial charge on any atom is 0.328 e. The van der Waals surface area contributed by atoms with Crippen molar-refractivity contribution >= 4 is 5.97 Å². The van der Waals surface area contributed by atoms with Gasteiger partial charge < -0.3 is 14.6 Å². The van der Waals surface area contributed by atoms with Gasteiger partial charge in [0.25, 0.3) is 0 Å². The van der Waals surface area contributed by atoms with E-state index in [1.807, 2.05) is 30.3 Å². The lowest BCUT2D eigenvalue weighted by atomic mass is 10.1. The topological polar surface area (TPSA) is 55.8 Å². The van der Waals surface area contributed by atoms with Crippen molar-refractivity contribution in [2.24, 2.45) is 0 Å². The average Bonchev–Trinajstić information content (AvgIpc) is 2.43. The Kier molecular flexibility index (Phi) is 6.39. The molecule has 0 aliphatic rings. The fraction of sp³-hybridized carbons (Fsp3) is 0.267. The molecule has 1 unspecified atom stereocenters. The van der Waals surface area contributed by atoms with E-state index in [1.54, 1.807) is 20.3 Å². The van der Waals surface area contributed by atoms with Gasteiger partial charge in [0.1, 0.15) is 5.75 Å². The summed E-state index contributed by atoms with van der Waals surface area (Å²) in [4.78, 5) is 10.3. The first-order chi connectivity index (χ1) is 9.17. The van der Waals surface area contributed by atoms with Crippen molar-refractivity contribution in [2.75, 3.05) is 14.2 Å². The number of carboxylic acid groups (broad SMARTS) is 1. The van der Waals surface area contributed by atoms with Gasteiger partial charge in [-0.05, 0) is 24.1 Å². The third kappa shape index (κ3) is 5.40. The normalized spacial score (nSPS) is 12.9. The molecule has 0 bridgehead atoms. The summed E-state index contributed by atoms with van der Waals surface area (Å²) in [5.41, 5.74) is 1.05. The minimum atomic E-state index is -0.955. The predicted molar refractivity (Wildman–Crippen MR) is 73.3 cm³/mol. The molecule has 0 saturated heterocycles. The van der Waals surface area contributed by atoms with Crippen molar-refractivity contribution in [3.8, 4) is 5.75 Å². The number of carbonyl (C=O) groups is 1. The van der Waals surface area contributed by atoms with Gasteiger partial charge in [-0.25, -0.2) is 4.79 Å². The molecule has 0 spiro atoms. The molecule has 0 aliphatic heterocycles. The summed E-state index contributed by atoms with van der Waals surface area (Å²) >= 11 is 0. The standard InChI is InChI=1S/C15H18O4/c1-18-13-10-8-12(9-11-13)14(19-2)6-4-3-5-7-15(16)17/h3-5,7-11,14H,6H2,1-2H3,(H,16,17). The van der Waals surface area contributed by atoms with Crippen molar-refractivity contribution < 1.29 is 19.4 Å². The van der Waals surface area contributed by atoms with E-state index in [2.05, 4.69) is 0 Å². The quantitative estimate of drug-likeness (QED) is 0.606. The largest absolute Gasteiger partial charge is 0.497 e. The van der Waals surface area contributed by atoms with Gasteiger partial charge in [0, 0.05) is 13.2 Å². The molecule has 0 heterocycles. The summed E-state index contributed by atoms with van der Waals surface area (Å²) < 4.78 is 10.5. The fourth-order valence-electron chi connectivity index (χ4n) is 1.61. The third-order valence-electron chi connectivity index (χ3n) is 2.61. The molecule has 0 aromatic heterocycles. The van der Waals surface area contributed by atoms with Gasteiger partial charge in [-0.1, -0.05) is 30.4 Å². The van der Waals surface area contributed by atoms with Crippen LogP contribution >= 0.6 is 0 Å². The number of rotatable bonds is 7. The lowest BCUT2D eigenvalue weighted by Crippen LogP contribution is -1.99. The lowest BCUT2D eigenvalue weighted by Gasteiger charge is -2.14. The molecule has 0 fully saturated rings. The van der Waals surface area contributed by atoms with Crippen LogP contribution in [0.25, 0.3) is 0 Å². The number of allylic oxidation sites excluding steroid dienone is 2. The summed E-state index contributed by atoms with van der Waals surface area (Å²) in [6.45, 7) is 0. The van der Waals surface area contributed by atoms with Crippen LogP contribution in [0.3, 0.4) is 0 Å². The van der Waals surface area contributed by atoms with Crippen molar-refractivity contribution in [1.29, 1.82) is 0 Å². The van der Waals surface area contributed by atoms with Crippen LogP contribution in [-0.4, -0.2) is 25.3 Å². The Morgan fingerprint density at radius 1 is 1.26 bits per heavy atom. The maximum atomic E-state index is 10.3. The second-order valence-corrected chi connectivity index (χ2v) is 3.86. The molecule has 102 valence electrons.